The maximum atomic E-state index is 12.1. The van der Waals surface area contributed by atoms with Gasteiger partial charge in [-0.25, -0.2) is 4.79 Å². The van der Waals surface area contributed by atoms with Crippen LogP contribution in [0.3, 0.4) is 0 Å². The van der Waals surface area contributed by atoms with Crippen LogP contribution in [0.4, 0.5) is 16.3 Å². The fourth-order valence-corrected chi connectivity index (χ4v) is 2.29. The van der Waals surface area contributed by atoms with Crippen LogP contribution in [-0.4, -0.2) is 20.8 Å². The van der Waals surface area contributed by atoms with Crippen molar-refractivity contribution in [3.63, 3.8) is 0 Å². The largest absolute Gasteiger partial charge is 0.326 e. The van der Waals surface area contributed by atoms with Gasteiger partial charge in [0.25, 0.3) is 5.56 Å². The van der Waals surface area contributed by atoms with Crippen LogP contribution in [0.1, 0.15) is 5.69 Å². The highest BCUT2D eigenvalue weighted by molar-refractivity contribution is 6.04. The van der Waals surface area contributed by atoms with Gasteiger partial charge in [0.15, 0.2) is 5.82 Å². The molecule has 1 aromatic carbocycles. The molecule has 112 valence electrons. The standard InChI is InChI=1S/C15H15N5O2/c1-9-8-11-12(14(21)16-9)13(19-20(11)2)18-15(22)17-10-6-4-3-5-7-10/h3-8H,1-2H3,(H,16,21)(H2,17,18,19,22). The number of para-hydroxylation sites is 1. The van der Waals surface area contributed by atoms with E-state index in [1.807, 2.05) is 24.3 Å². The van der Waals surface area contributed by atoms with Crippen LogP contribution in [-0.2, 0) is 7.05 Å². The third-order valence-electron chi connectivity index (χ3n) is 3.25. The van der Waals surface area contributed by atoms with Gasteiger partial charge in [-0.15, -0.1) is 0 Å². The van der Waals surface area contributed by atoms with Gasteiger partial charge in [-0.3, -0.25) is 14.8 Å². The van der Waals surface area contributed by atoms with Crippen molar-refractivity contribution in [1.29, 1.82) is 0 Å². The number of rotatable bonds is 2. The zero-order chi connectivity index (χ0) is 15.7. The summed E-state index contributed by atoms with van der Waals surface area (Å²) in [6.07, 6.45) is 0. The van der Waals surface area contributed by atoms with E-state index in [-0.39, 0.29) is 11.4 Å². The molecule has 2 heterocycles. The Balaban J connectivity index is 1.91. The molecule has 3 aromatic rings. The van der Waals surface area contributed by atoms with E-state index < -0.39 is 6.03 Å². The van der Waals surface area contributed by atoms with E-state index in [1.165, 1.54) is 0 Å². The second-order valence-electron chi connectivity index (χ2n) is 4.96. The monoisotopic (exact) mass is 297 g/mol. The number of aromatic nitrogens is 3. The molecule has 0 atom stereocenters. The van der Waals surface area contributed by atoms with Crippen LogP contribution in [0.15, 0.2) is 41.2 Å². The fraction of sp³-hybridized carbons (Fsp3) is 0.133. The molecule has 0 unspecified atom stereocenters. The van der Waals surface area contributed by atoms with Gasteiger partial charge in [-0.1, -0.05) is 18.2 Å². The van der Waals surface area contributed by atoms with Crippen molar-refractivity contribution in [1.82, 2.24) is 14.8 Å². The minimum absolute atomic E-state index is 0.229. The number of aryl methyl sites for hydroxylation is 2. The third-order valence-corrected chi connectivity index (χ3v) is 3.25. The molecule has 0 aliphatic carbocycles. The molecule has 0 aliphatic heterocycles. The molecule has 0 bridgehead atoms. The molecular formula is C15H15N5O2. The second-order valence-corrected chi connectivity index (χ2v) is 4.96. The number of aromatic amines is 1. The van der Waals surface area contributed by atoms with Gasteiger partial charge in [-0.2, -0.15) is 5.10 Å². The molecule has 3 N–H and O–H groups in total. The first-order valence-corrected chi connectivity index (χ1v) is 6.74. The summed E-state index contributed by atoms with van der Waals surface area (Å²) in [6, 6.07) is 10.4. The number of H-pyrrole nitrogens is 1. The summed E-state index contributed by atoms with van der Waals surface area (Å²) in [5, 5.41) is 9.85. The number of nitrogens with one attached hydrogen (secondary N) is 3. The maximum Gasteiger partial charge on any atom is 0.324 e. The Bertz CT molecular complexity index is 895. The lowest BCUT2D eigenvalue weighted by atomic mass is 10.2. The Morgan fingerprint density at radius 3 is 2.68 bits per heavy atom. The summed E-state index contributed by atoms with van der Waals surface area (Å²) in [5.41, 5.74) is 1.78. The third kappa shape index (κ3) is 2.56. The van der Waals surface area contributed by atoms with Crippen molar-refractivity contribution in [3.8, 4) is 0 Å². The van der Waals surface area contributed by atoms with E-state index in [1.54, 1.807) is 30.8 Å². The number of carbonyl (C=O) groups excluding carboxylic acids is 1. The van der Waals surface area contributed by atoms with Gasteiger partial charge >= 0.3 is 6.03 Å². The van der Waals surface area contributed by atoms with Crippen molar-refractivity contribution in [2.24, 2.45) is 7.05 Å². The summed E-state index contributed by atoms with van der Waals surface area (Å²) in [7, 11) is 1.72. The predicted octanol–water partition coefficient (Wildman–Crippen LogP) is 2.21. The molecule has 3 rings (SSSR count). The molecule has 0 fully saturated rings. The lowest BCUT2D eigenvalue weighted by Crippen LogP contribution is -2.21. The normalized spacial score (nSPS) is 10.6. The van der Waals surface area contributed by atoms with Gasteiger partial charge in [-0.05, 0) is 25.1 Å². The minimum Gasteiger partial charge on any atom is -0.326 e. The van der Waals surface area contributed by atoms with E-state index in [0.29, 0.717) is 16.6 Å². The number of amides is 2. The SMILES string of the molecule is Cc1cc2c(c(NC(=O)Nc3ccccc3)nn2C)c(=O)[nH]1. The number of hydrogen-bond donors (Lipinski definition) is 3. The molecule has 7 nitrogen and oxygen atoms in total. The summed E-state index contributed by atoms with van der Waals surface area (Å²) in [4.78, 5) is 26.8. The van der Waals surface area contributed by atoms with Crippen LogP contribution in [0.25, 0.3) is 10.9 Å². The first-order valence-electron chi connectivity index (χ1n) is 6.74. The smallest absolute Gasteiger partial charge is 0.324 e. The molecule has 0 radical (unpaired) electrons. The lowest BCUT2D eigenvalue weighted by Gasteiger charge is -2.05. The van der Waals surface area contributed by atoms with Crippen molar-refractivity contribution in [3.05, 3.63) is 52.4 Å². The predicted molar refractivity (Wildman–Crippen MR) is 85.2 cm³/mol. The van der Waals surface area contributed by atoms with Crippen molar-refractivity contribution >= 4 is 28.4 Å². The topological polar surface area (TPSA) is 91.8 Å². The van der Waals surface area contributed by atoms with E-state index in [2.05, 4.69) is 20.7 Å². The first kappa shape index (κ1) is 13.9. The van der Waals surface area contributed by atoms with Gasteiger partial charge in [0.05, 0.1) is 5.52 Å². The van der Waals surface area contributed by atoms with Gasteiger partial charge in [0.1, 0.15) is 5.39 Å². The highest BCUT2D eigenvalue weighted by Crippen LogP contribution is 2.19. The van der Waals surface area contributed by atoms with E-state index in [9.17, 15) is 9.59 Å². The van der Waals surface area contributed by atoms with Crippen LogP contribution in [0.5, 0.6) is 0 Å². The molecular weight excluding hydrogens is 282 g/mol. The number of urea groups is 1. The zero-order valence-electron chi connectivity index (χ0n) is 12.2. The Morgan fingerprint density at radius 1 is 1.23 bits per heavy atom. The van der Waals surface area contributed by atoms with Crippen LogP contribution >= 0.6 is 0 Å². The molecule has 0 saturated carbocycles. The van der Waals surface area contributed by atoms with Crippen LogP contribution in [0.2, 0.25) is 0 Å². The summed E-state index contributed by atoms with van der Waals surface area (Å²) >= 11 is 0. The minimum atomic E-state index is -0.453. The van der Waals surface area contributed by atoms with E-state index in [4.69, 9.17) is 0 Å². The van der Waals surface area contributed by atoms with Gasteiger partial charge in [0, 0.05) is 18.4 Å². The van der Waals surface area contributed by atoms with Crippen molar-refractivity contribution < 1.29 is 4.79 Å². The first-order chi connectivity index (χ1) is 10.5. The summed E-state index contributed by atoms with van der Waals surface area (Å²) in [5.74, 6) is 0.229. The van der Waals surface area contributed by atoms with Crippen molar-refractivity contribution in [2.75, 3.05) is 10.6 Å². The quantitative estimate of drug-likeness (QED) is 0.677. The van der Waals surface area contributed by atoms with Gasteiger partial charge < -0.3 is 10.3 Å². The number of carbonyl (C=O) groups is 1. The Morgan fingerprint density at radius 2 is 1.95 bits per heavy atom. The molecule has 0 aliphatic rings. The van der Waals surface area contributed by atoms with E-state index >= 15 is 0 Å². The zero-order valence-corrected chi connectivity index (χ0v) is 12.2. The number of fused-ring (bicyclic) bond motifs is 1. The number of hydrogen-bond acceptors (Lipinski definition) is 3. The van der Waals surface area contributed by atoms with Gasteiger partial charge in [0.2, 0.25) is 0 Å². The number of benzene rings is 1. The summed E-state index contributed by atoms with van der Waals surface area (Å²) < 4.78 is 1.57. The Hall–Kier alpha value is -3.09. The number of anilines is 2. The average molecular weight is 297 g/mol. The molecule has 2 aromatic heterocycles. The van der Waals surface area contributed by atoms with E-state index in [0.717, 1.165) is 5.69 Å². The highest BCUT2D eigenvalue weighted by Gasteiger charge is 2.15. The molecule has 22 heavy (non-hydrogen) atoms. The second kappa shape index (κ2) is 5.36. The lowest BCUT2D eigenvalue weighted by molar-refractivity contribution is 0.262. The molecule has 7 heteroatoms. The number of nitrogens with zero attached hydrogens (tertiary/aromatic N) is 2. The average Bonchev–Trinajstić information content (AvgIpc) is 2.76. The maximum absolute atomic E-state index is 12.1. The van der Waals surface area contributed by atoms with Crippen LogP contribution < -0.4 is 16.2 Å². The Kier molecular flexibility index (Phi) is 3.38. The fourth-order valence-electron chi connectivity index (χ4n) is 2.29. The molecule has 0 saturated heterocycles. The Labute approximate surface area is 126 Å². The molecule has 0 spiro atoms. The highest BCUT2D eigenvalue weighted by atomic mass is 16.2. The van der Waals surface area contributed by atoms with Crippen LogP contribution in [0, 0.1) is 6.92 Å². The molecule has 2 amide bonds. The number of pyridine rings is 1. The van der Waals surface area contributed by atoms with Crippen molar-refractivity contribution in [2.45, 2.75) is 6.92 Å². The summed E-state index contributed by atoms with van der Waals surface area (Å²) in [6.45, 7) is 1.79.